The van der Waals surface area contributed by atoms with Crippen molar-refractivity contribution in [2.45, 2.75) is 37.9 Å². The lowest BCUT2D eigenvalue weighted by Crippen LogP contribution is -2.34. The van der Waals surface area contributed by atoms with Crippen molar-refractivity contribution in [3.8, 4) is 5.75 Å². The van der Waals surface area contributed by atoms with Crippen LogP contribution >= 0.6 is 0 Å². The van der Waals surface area contributed by atoms with Crippen LogP contribution in [-0.4, -0.2) is 17.3 Å². The zero-order valence-corrected chi connectivity index (χ0v) is 8.83. The Balaban J connectivity index is 2.05. The zero-order chi connectivity index (χ0) is 11.5. The molecule has 1 saturated carbocycles. The second-order valence-electron chi connectivity index (χ2n) is 4.08. The van der Waals surface area contributed by atoms with E-state index in [9.17, 15) is 13.9 Å². The summed E-state index contributed by atoms with van der Waals surface area (Å²) in [5, 5.41) is 9.66. The Bertz CT molecular complexity index is 368. The molecular formula is C12H14F2O2. The van der Waals surface area contributed by atoms with Crippen LogP contribution in [0.15, 0.2) is 18.2 Å². The van der Waals surface area contributed by atoms with Gasteiger partial charge in [-0.3, -0.25) is 0 Å². The third kappa shape index (κ3) is 2.50. The lowest BCUT2D eigenvalue weighted by atomic mass is 9.95. The molecule has 2 nitrogen and oxygen atoms in total. The van der Waals surface area contributed by atoms with E-state index in [4.69, 9.17) is 4.74 Å². The summed E-state index contributed by atoms with van der Waals surface area (Å²) < 4.78 is 31.0. The number of halogens is 2. The molecule has 1 N–H and O–H groups in total. The van der Waals surface area contributed by atoms with Crippen molar-refractivity contribution >= 4 is 0 Å². The van der Waals surface area contributed by atoms with Crippen LogP contribution in [0.4, 0.5) is 8.78 Å². The smallest absolute Gasteiger partial charge is 0.162 e. The molecule has 2 atom stereocenters. The number of hydrogen-bond donors (Lipinski definition) is 1. The van der Waals surface area contributed by atoms with Gasteiger partial charge in [-0.25, -0.2) is 8.78 Å². The monoisotopic (exact) mass is 228 g/mol. The molecule has 1 aromatic rings. The van der Waals surface area contributed by atoms with Crippen LogP contribution in [0.1, 0.15) is 25.7 Å². The summed E-state index contributed by atoms with van der Waals surface area (Å²) in [5.41, 5.74) is 0. The fourth-order valence-electron chi connectivity index (χ4n) is 1.94. The molecule has 0 amide bonds. The Morgan fingerprint density at radius 1 is 1.12 bits per heavy atom. The first-order valence-corrected chi connectivity index (χ1v) is 5.46. The molecule has 1 aromatic carbocycles. The van der Waals surface area contributed by atoms with Crippen molar-refractivity contribution in [2.75, 3.05) is 0 Å². The number of benzene rings is 1. The van der Waals surface area contributed by atoms with Crippen LogP contribution in [0.5, 0.6) is 5.75 Å². The summed E-state index contributed by atoms with van der Waals surface area (Å²) in [4.78, 5) is 0. The van der Waals surface area contributed by atoms with Crippen LogP contribution in [0.2, 0.25) is 0 Å². The molecule has 0 unspecified atom stereocenters. The first-order chi connectivity index (χ1) is 7.66. The second-order valence-corrected chi connectivity index (χ2v) is 4.08. The molecule has 0 saturated heterocycles. The average Bonchev–Trinajstić information content (AvgIpc) is 2.27. The fraction of sp³-hybridized carbons (Fsp3) is 0.500. The fourth-order valence-corrected chi connectivity index (χ4v) is 1.94. The van der Waals surface area contributed by atoms with Gasteiger partial charge in [-0.1, -0.05) is 6.42 Å². The van der Waals surface area contributed by atoms with Crippen LogP contribution in [0, 0.1) is 11.6 Å². The maximum atomic E-state index is 12.9. The molecule has 16 heavy (non-hydrogen) atoms. The molecule has 4 heteroatoms. The normalized spacial score (nSPS) is 25.4. The standard InChI is InChI=1S/C12H14F2O2/c13-9-6-5-8(7-10(9)14)16-12-4-2-1-3-11(12)15/h5-7,11-12,15H,1-4H2/t11-,12-/m1/s1. The highest BCUT2D eigenvalue weighted by Gasteiger charge is 2.24. The Morgan fingerprint density at radius 3 is 2.56 bits per heavy atom. The highest BCUT2D eigenvalue weighted by atomic mass is 19.2. The predicted octanol–water partition coefficient (Wildman–Crippen LogP) is 2.65. The minimum atomic E-state index is -0.928. The van der Waals surface area contributed by atoms with E-state index >= 15 is 0 Å². The molecule has 2 rings (SSSR count). The second kappa shape index (κ2) is 4.78. The lowest BCUT2D eigenvalue weighted by Gasteiger charge is -2.28. The molecule has 0 radical (unpaired) electrons. The molecular weight excluding hydrogens is 214 g/mol. The van der Waals surface area contributed by atoms with Gasteiger partial charge in [0, 0.05) is 6.07 Å². The number of rotatable bonds is 2. The van der Waals surface area contributed by atoms with E-state index in [1.807, 2.05) is 0 Å². The lowest BCUT2D eigenvalue weighted by molar-refractivity contribution is 0.00667. The summed E-state index contributed by atoms with van der Waals surface area (Å²) >= 11 is 0. The van der Waals surface area contributed by atoms with Crippen molar-refractivity contribution in [3.63, 3.8) is 0 Å². The minimum Gasteiger partial charge on any atom is -0.488 e. The van der Waals surface area contributed by atoms with E-state index in [1.54, 1.807) is 0 Å². The van der Waals surface area contributed by atoms with Gasteiger partial charge >= 0.3 is 0 Å². The SMILES string of the molecule is O[C@@H]1CCCC[C@H]1Oc1ccc(F)c(F)c1. The Labute approximate surface area is 92.9 Å². The van der Waals surface area contributed by atoms with E-state index in [-0.39, 0.29) is 11.9 Å². The average molecular weight is 228 g/mol. The zero-order valence-electron chi connectivity index (χ0n) is 8.83. The molecule has 0 aromatic heterocycles. The molecule has 1 aliphatic carbocycles. The topological polar surface area (TPSA) is 29.5 Å². The molecule has 1 fully saturated rings. The molecule has 0 heterocycles. The Kier molecular flexibility index (Phi) is 3.39. The van der Waals surface area contributed by atoms with Crippen LogP contribution in [-0.2, 0) is 0 Å². The Morgan fingerprint density at radius 2 is 1.88 bits per heavy atom. The van der Waals surface area contributed by atoms with E-state index in [2.05, 4.69) is 0 Å². The van der Waals surface area contributed by atoms with E-state index in [0.29, 0.717) is 6.42 Å². The highest BCUT2D eigenvalue weighted by Crippen LogP contribution is 2.24. The first-order valence-electron chi connectivity index (χ1n) is 5.46. The van der Waals surface area contributed by atoms with Crippen LogP contribution in [0.25, 0.3) is 0 Å². The van der Waals surface area contributed by atoms with Gasteiger partial charge in [0.2, 0.25) is 0 Å². The minimum absolute atomic E-state index is 0.268. The van der Waals surface area contributed by atoms with E-state index in [0.717, 1.165) is 31.4 Å². The maximum Gasteiger partial charge on any atom is 0.162 e. The van der Waals surface area contributed by atoms with E-state index in [1.165, 1.54) is 6.07 Å². The van der Waals surface area contributed by atoms with Crippen molar-refractivity contribution in [2.24, 2.45) is 0 Å². The number of aliphatic hydroxyl groups is 1. The molecule has 0 bridgehead atoms. The van der Waals surface area contributed by atoms with E-state index < -0.39 is 17.7 Å². The van der Waals surface area contributed by atoms with Crippen molar-refractivity contribution < 1.29 is 18.6 Å². The van der Waals surface area contributed by atoms with Crippen molar-refractivity contribution in [3.05, 3.63) is 29.8 Å². The first kappa shape index (κ1) is 11.3. The van der Waals surface area contributed by atoms with Gasteiger partial charge in [-0.05, 0) is 31.4 Å². The molecule has 1 aliphatic rings. The third-order valence-electron chi connectivity index (χ3n) is 2.85. The molecule has 0 aliphatic heterocycles. The predicted molar refractivity (Wildman–Crippen MR) is 55.2 cm³/mol. The number of hydrogen-bond acceptors (Lipinski definition) is 2. The summed E-state index contributed by atoms with van der Waals surface area (Å²) in [5.74, 6) is -1.55. The van der Waals surface area contributed by atoms with Gasteiger partial charge in [0.15, 0.2) is 11.6 Å². The summed E-state index contributed by atoms with van der Waals surface area (Å²) in [6.45, 7) is 0. The van der Waals surface area contributed by atoms with Gasteiger partial charge < -0.3 is 9.84 Å². The van der Waals surface area contributed by atoms with Crippen LogP contribution in [0.3, 0.4) is 0 Å². The quantitative estimate of drug-likeness (QED) is 0.843. The summed E-state index contributed by atoms with van der Waals surface area (Å²) in [7, 11) is 0. The van der Waals surface area contributed by atoms with Crippen molar-refractivity contribution in [1.82, 2.24) is 0 Å². The summed E-state index contributed by atoms with van der Waals surface area (Å²) in [6, 6.07) is 3.41. The number of aliphatic hydroxyl groups excluding tert-OH is 1. The van der Waals surface area contributed by atoms with Gasteiger partial charge in [-0.2, -0.15) is 0 Å². The molecule has 0 spiro atoms. The largest absolute Gasteiger partial charge is 0.488 e. The van der Waals surface area contributed by atoms with Gasteiger partial charge in [0.25, 0.3) is 0 Å². The van der Waals surface area contributed by atoms with Gasteiger partial charge in [-0.15, -0.1) is 0 Å². The van der Waals surface area contributed by atoms with Crippen molar-refractivity contribution in [1.29, 1.82) is 0 Å². The third-order valence-corrected chi connectivity index (χ3v) is 2.85. The summed E-state index contributed by atoms with van der Waals surface area (Å²) in [6.07, 6.45) is 2.61. The van der Waals surface area contributed by atoms with Gasteiger partial charge in [0.05, 0.1) is 6.10 Å². The van der Waals surface area contributed by atoms with Crippen LogP contribution < -0.4 is 4.74 Å². The number of ether oxygens (including phenoxy) is 1. The highest BCUT2D eigenvalue weighted by molar-refractivity contribution is 5.24. The Hall–Kier alpha value is -1.16. The maximum absolute atomic E-state index is 12.9. The van der Waals surface area contributed by atoms with Gasteiger partial charge in [0.1, 0.15) is 11.9 Å². The molecule has 88 valence electrons.